The minimum atomic E-state index is -0.613. The summed E-state index contributed by atoms with van der Waals surface area (Å²) in [5.41, 5.74) is 11.5. The number of nitrogen functional groups attached to an aromatic ring is 1. The van der Waals surface area contributed by atoms with Gasteiger partial charge in [0.25, 0.3) is 11.8 Å². The highest BCUT2D eigenvalue weighted by atomic mass is 16.5. The maximum absolute atomic E-state index is 11.8. The molecule has 0 saturated heterocycles. The minimum Gasteiger partial charge on any atom is -0.483 e. The third kappa shape index (κ3) is 3.15. The second kappa shape index (κ2) is 5.17. The van der Waals surface area contributed by atoms with Gasteiger partial charge in [-0.1, -0.05) is 0 Å². The molecule has 6 heteroatoms. The Morgan fingerprint density at radius 2 is 2.11 bits per heavy atom. The molecule has 2 rings (SSSR count). The van der Waals surface area contributed by atoms with E-state index in [-0.39, 0.29) is 23.8 Å². The molecule has 102 valence electrons. The summed E-state index contributed by atoms with van der Waals surface area (Å²) in [4.78, 5) is 24.7. The fraction of sp³-hybridized carbons (Fsp3) is 0.385. The Labute approximate surface area is 111 Å². The highest BCUT2D eigenvalue weighted by Gasteiger charge is 2.29. The summed E-state index contributed by atoms with van der Waals surface area (Å²) in [5.74, 6) is -0.497. The van der Waals surface area contributed by atoms with Crippen molar-refractivity contribution in [1.29, 1.82) is 0 Å². The van der Waals surface area contributed by atoms with Crippen LogP contribution in [0.4, 0.5) is 5.69 Å². The summed E-state index contributed by atoms with van der Waals surface area (Å²) in [7, 11) is 1.75. The number of likely N-dealkylation sites (N-methyl/N-ethyl adjacent to an activating group) is 1. The van der Waals surface area contributed by atoms with Crippen molar-refractivity contribution in [1.82, 2.24) is 4.90 Å². The van der Waals surface area contributed by atoms with E-state index >= 15 is 0 Å². The lowest BCUT2D eigenvalue weighted by molar-refractivity contribution is -0.132. The van der Waals surface area contributed by atoms with Crippen LogP contribution in [-0.4, -0.2) is 36.4 Å². The van der Waals surface area contributed by atoms with Crippen molar-refractivity contribution in [2.75, 3.05) is 19.4 Å². The zero-order valence-electron chi connectivity index (χ0n) is 10.8. The second-order valence-electron chi connectivity index (χ2n) is 4.64. The first kappa shape index (κ1) is 13.2. The van der Waals surface area contributed by atoms with Crippen LogP contribution >= 0.6 is 0 Å². The standard InChI is InChI=1S/C13H17N3O3/c1-16(9-3-4-9)12(17)7-19-11-6-8(14)2-5-10(11)13(15)18/h2,5-6,9H,3-4,7,14H2,1H3,(H2,15,18). The van der Waals surface area contributed by atoms with Crippen LogP contribution in [-0.2, 0) is 4.79 Å². The van der Waals surface area contributed by atoms with Gasteiger partial charge in [-0.3, -0.25) is 9.59 Å². The molecule has 19 heavy (non-hydrogen) atoms. The predicted molar refractivity (Wildman–Crippen MR) is 70.7 cm³/mol. The van der Waals surface area contributed by atoms with E-state index in [9.17, 15) is 9.59 Å². The maximum Gasteiger partial charge on any atom is 0.260 e. The zero-order valence-corrected chi connectivity index (χ0v) is 10.8. The van der Waals surface area contributed by atoms with Gasteiger partial charge in [-0.15, -0.1) is 0 Å². The van der Waals surface area contributed by atoms with Crippen LogP contribution in [0.15, 0.2) is 18.2 Å². The number of rotatable bonds is 5. The van der Waals surface area contributed by atoms with Gasteiger partial charge in [-0.2, -0.15) is 0 Å². The smallest absolute Gasteiger partial charge is 0.260 e. The van der Waals surface area contributed by atoms with E-state index in [0.29, 0.717) is 11.7 Å². The molecule has 1 saturated carbocycles. The Morgan fingerprint density at radius 3 is 2.68 bits per heavy atom. The molecule has 1 aromatic rings. The normalized spacial score (nSPS) is 13.9. The third-order valence-corrected chi connectivity index (χ3v) is 3.11. The molecule has 1 aliphatic rings. The SMILES string of the molecule is CN(C(=O)COc1cc(N)ccc1C(N)=O)C1CC1. The van der Waals surface area contributed by atoms with Crippen molar-refractivity contribution in [2.24, 2.45) is 5.73 Å². The molecule has 0 radical (unpaired) electrons. The monoisotopic (exact) mass is 263 g/mol. The lowest BCUT2D eigenvalue weighted by Gasteiger charge is -2.17. The van der Waals surface area contributed by atoms with Crippen molar-refractivity contribution in [3.63, 3.8) is 0 Å². The van der Waals surface area contributed by atoms with E-state index in [0.717, 1.165) is 12.8 Å². The molecule has 1 aliphatic carbocycles. The Balaban J connectivity index is 2.03. The molecule has 0 atom stereocenters. The summed E-state index contributed by atoms with van der Waals surface area (Å²) in [6.07, 6.45) is 2.07. The molecule has 0 spiro atoms. The van der Waals surface area contributed by atoms with Crippen molar-refractivity contribution >= 4 is 17.5 Å². The van der Waals surface area contributed by atoms with Crippen molar-refractivity contribution < 1.29 is 14.3 Å². The largest absolute Gasteiger partial charge is 0.483 e. The Kier molecular flexibility index (Phi) is 3.59. The van der Waals surface area contributed by atoms with Crippen LogP contribution < -0.4 is 16.2 Å². The number of hydrogen-bond donors (Lipinski definition) is 2. The number of nitrogens with two attached hydrogens (primary N) is 2. The lowest BCUT2D eigenvalue weighted by Crippen LogP contribution is -2.33. The predicted octanol–water partition coefficient (Wildman–Crippen LogP) is 0.367. The van der Waals surface area contributed by atoms with Gasteiger partial charge in [-0.25, -0.2) is 0 Å². The van der Waals surface area contributed by atoms with Gasteiger partial charge in [0.05, 0.1) is 5.56 Å². The number of hydrogen-bond acceptors (Lipinski definition) is 4. The summed E-state index contributed by atoms with van der Waals surface area (Å²) in [6.45, 7) is -0.128. The molecule has 0 aliphatic heterocycles. The van der Waals surface area contributed by atoms with Gasteiger partial charge >= 0.3 is 0 Å². The number of primary amides is 1. The number of carbonyl (C=O) groups is 2. The summed E-state index contributed by atoms with van der Waals surface area (Å²) in [6, 6.07) is 4.87. The van der Waals surface area contributed by atoms with Crippen LogP contribution in [0.25, 0.3) is 0 Å². The van der Waals surface area contributed by atoms with Crippen LogP contribution in [0.1, 0.15) is 23.2 Å². The molecule has 0 unspecified atom stereocenters. The Hall–Kier alpha value is -2.24. The highest BCUT2D eigenvalue weighted by Crippen LogP contribution is 2.26. The number of ether oxygens (including phenoxy) is 1. The third-order valence-electron chi connectivity index (χ3n) is 3.11. The number of anilines is 1. The minimum absolute atomic E-state index is 0.125. The average Bonchev–Trinajstić information content (AvgIpc) is 3.18. The number of carbonyl (C=O) groups excluding carboxylic acids is 2. The molecular weight excluding hydrogens is 246 g/mol. The Bertz CT molecular complexity index is 512. The fourth-order valence-corrected chi connectivity index (χ4v) is 1.77. The molecule has 0 aromatic heterocycles. The van der Waals surface area contributed by atoms with Gasteiger partial charge < -0.3 is 21.1 Å². The van der Waals surface area contributed by atoms with Crippen molar-refractivity contribution in [3.05, 3.63) is 23.8 Å². The van der Waals surface area contributed by atoms with Crippen molar-refractivity contribution in [2.45, 2.75) is 18.9 Å². The Morgan fingerprint density at radius 1 is 1.42 bits per heavy atom. The molecule has 2 amide bonds. The van der Waals surface area contributed by atoms with Gasteiger partial charge in [0.2, 0.25) is 0 Å². The van der Waals surface area contributed by atoms with E-state index < -0.39 is 5.91 Å². The van der Waals surface area contributed by atoms with E-state index in [4.69, 9.17) is 16.2 Å². The van der Waals surface area contributed by atoms with Gasteiger partial charge in [-0.05, 0) is 25.0 Å². The van der Waals surface area contributed by atoms with Crippen LogP contribution in [0.3, 0.4) is 0 Å². The number of nitrogens with zero attached hydrogens (tertiary/aromatic N) is 1. The lowest BCUT2D eigenvalue weighted by atomic mass is 10.1. The quantitative estimate of drug-likeness (QED) is 0.749. The first-order valence-corrected chi connectivity index (χ1v) is 6.07. The summed E-state index contributed by atoms with van der Waals surface area (Å²) in [5, 5.41) is 0. The molecule has 0 bridgehead atoms. The highest BCUT2D eigenvalue weighted by molar-refractivity contribution is 5.96. The molecule has 1 fully saturated rings. The van der Waals surface area contributed by atoms with E-state index in [2.05, 4.69) is 0 Å². The second-order valence-corrected chi connectivity index (χ2v) is 4.64. The van der Waals surface area contributed by atoms with E-state index in [1.807, 2.05) is 0 Å². The fourth-order valence-electron chi connectivity index (χ4n) is 1.77. The topological polar surface area (TPSA) is 98.7 Å². The first-order valence-electron chi connectivity index (χ1n) is 6.07. The first-order chi connectivity index (χ1) is 8.99. The van der Waals surface area contributed by atoms with E-state index in [1.54, 1.807) is 18.0 Å². The van der Waals surface area contributed by atoms with Crippen LogP contribution in [0, 0.1) is 0 Å². The molecule has 0 heterocycles. The number of amides is 2. The van der Waals surface area contributed by atoms with Crippen LogP contribution in [0.5, 0.6) is 5.75 Å². The van der Waals surface area contributed by atoms with Crippen molar-refractivity contribution in [3.8, 4) is 5.75 Å². The molecule has 4 N–H and O–H groups in total. The summed E-state index contributed by atoms with van der Waals surface area (Å²) < 4.78 is 5.37. The van der Waals surface area contributed by atoms with E-state index in [1.165, 1.54) is 12.1 Å². The molecule has 6 nitrogen and oxygen atoms in total. The average molecular weight is 263 g/mol. The van der Waals surface area contributed by atoms with Gasteiger partial charge in [0.15, 0.2) is 6.61 Å². The zero-order chi connectivity index (χ0) is 14.0. The van der Waals surface area contributed by atoms with Gasteiger partial charge in [0, 0.05) is 24.8 Å². The maximum atomic E-state index is 11.8. The molecule has 1 aromatic carbocycles. The molecular formula is C13H17N3O3. The number of benzene rings is 1. The summed E-state index contributed by atoms with van der Waals surface area (Å²) >= 11 is 0. The van der Waals surface area contributed by atoms with Crippen LogP contribution in [0.2, 0.25) is 0 Å². The van der Waals surface area contributed by atoms with Gasteiger partial charge in [0.1, 0.15) is 5.75 Å².